The molecule has 0 spiro atoms. The summed E-state index contributed by atoms with van der Waals surface area (Å²) >= 11 is 52.1. The van der Waals surface area contributed by atoms with E-state index in [0.717, 1.165) is 50.4 Å². The lowest BCUT2D eigenvalue weighted by Crippen LogP contribution is -2.40. The number of carboxylic acid groups (broad SMARTS) is 4. The summed E-state index contributed by atoms with van der Waals surface area (Å²) in [6.07, 6.45) is 14.1. The standard InChI is InChI=1S/2C18H17BrClNOS.4C14H16ClNO3S/c2*1-12-5-2-3-6-13(12)15-10-21(18(22)7-4-8-19)11-16-14(15)9-17(20)23-16;4*1-3-8(14(18)19)10-6-16(13(17)4-2)7-11-9(10)5-12(15)20-11/h2*2-7,9,15H,8,10-11H2,1H3;4*4-5,8,10H,2-3,6-7H2,1H3,(H,18,19)/b2*7-4+;;;;/t2*15-;2*8-,10+;2*8-,10-/m101010/s1. The SMILES string of the molecule is C=CC(=O)N1Cc2sc(Cl)cc2[C@@H]([C@@H](CC)C(=O)O)C1.C=CC(=O)N1Cc2sc(Cl)cc2[C@@H]([C@H](CC)C(=O)O)C1.C=CC(=O)N1Cc2sc(Cl)cc2[C@H]([C@@H](CC)C(=O)O)C1.C=CC(=O)N1Cc2sc(Cl)cc2[C@H]([C@H](CC)C(=O)O)C1.Cc1ccccc1[C@@H]1CN(C(=O)/C=C/CBr)Cc2sc(Cl)cc21.Cc1ccccc1[C@H]1CN(C(=O)/C=C/CBr)Cc2sc(Cl)cc21. The molecule has 10 atom stereocenters. The maximum Gasteiger partial charge on any atom is 0.307 e. The molecule has 126 heavy (non-hydrogen) atoms. The van der Waals surface area contributed by atoms with Crippen molar-refractivity contribution in [3.05, 3.63) is 271 Å². The zero-order chi connectivity index (χ0) is 92.2. The molecular weight excluding hydrogens is 1980 g/mol. The second kappa shape index (κ2) is 47.9. The Balaban J connectivity index is 0.000000171. The summed E-state index contributed by atoms with van der Waals surface area (Å²) in [5.41, 5.74) is 11.5. The number of hydrogen-bond donors (Lipinski definition) is 4. The lowest BCUT2D eigenvalue weighted by Gasteiger charge is -2.34. The van der Waals surface area contributed by atoms with Gasteiger partial charge in [0.2, 0.25) is 35.4 Å². The van der Waals surface area contributed by atoms with Crippen LogP contribution in [-0.2, 0) is 87.2 Å². The lowest BCUT2D eigenvalue weighted by atomic mass is 9.82. The summed E-state index contributed by atoms with van der Waals surface area (Å²) in [4.78, 5) is 135. The average molecular weight is 2080 g/mol. The third-order valence-corrected chi connectivity index (χ3v) is 31.4. The molecule has 0 radical (unpaired) electrons. The molecule has 0 bridgehead atoms. The molecule has 0 unspecified atom stereocenters. The summed E-state index contributed by atoms with van der Waals surface area (Å²) in [6, 6.07) is 28.2. The van der Waals surface area contributed by atoms with Crippen molar-refractivity contribution in [1.82, 2.24) is 29.4 Å². The van der Waals surface area contributed by atoms with E-state index >= 15 is 0 Å². The summed E-state index contributed by atoms with van der Waals surface area (Å²) in [5, 5.41) is 38.9. The lowest BCUT2D eigenvalue weighted by molar-refractivity contribution is -0.144. The molecule has 6 aliphatic heterocycles. The van der Waals surface area contributed by atoms with Crippen molar-refractivity contribution in [3.63, 3.8) is 0 Å². The number of thiophene rings is 6. The summed E-state index contributed by atoms with van der Waals surface area (Å²) in [7, 11) is 0. The van der Waals surface area contributed by atoms with Gasteiger partial charge >= 0.3 is 23.9 Å². The van der Waals surface area contributed by atoms with E-state index in [-0.39, 0.29) is 71.0 Å². The third kappa shape index (κ3) is 25.6. The predicted octanol–water partition coefficient (Wildman–Crippen LogP) is 22.8. The van der Waals surface area contributed by atoms with Gasteiger partial charge in [-0.15, -0.1) is 68.0 Å². The van der Waals surface area contributed by atoms with Gasteiger partial charge in [0.05, 0.1) is 89.0 Å². The molecule has 672 valence electrons. The maximum absolute atomic E-state index is 12.4. The van der Waals surface area contributed by atoms with Crippen LogP contribution in [0.3, 0.4) is 0 Å². The van der Waals surface area contributed by atoms with Crippen LogP contribution >= 0.6 is 169 Å². The number of aliphatic carboxylic acids is 4. The summed E-state index contributed by atoms with van der Waals surface area (Å²) in [6.45, 7) is 31.8. The Hall–Kier alpha value is -7.52. The monoisotopic (exact) mass is 2070 g/mol. The Morgan fingerprint density at radius 3 is 0.754 bits per heavy atom. The molecule has 6 aliphatic rings. The first-order chi connectivity index (χ1) is 60.1. The van der Waals surface area contributed by atoms with E-state index in [2.05, 4.69) is 121 Å². The van der Waals surface area contributed by atoms with Gasteiger partial charge in [-0.1, -0.05) is 216 Å². The van der Waals surface area contributed by atoms with Gasteiger partial charge < -0.3 is 49.8 Å². The van der Waals surface area contributed by atoms with Crippen molar-refractivity contribution in [2.45, 2.75) is 142 Å². The van der Waals surface area contributed by atoms with Crippen molar-refractivity contribution in [3.8, 4) is 0 Å². The number of hydrogen-bond acceptors (Lipinski definition) is 16. The number of nitrogens with zero attached hydrogens (tertiary/aromatic N) is 6. The van der Waals surface area contributed by atoms with Crippen LogP contribution in [0.1, 0.15) is 174 Å². The van der Waals surface area contributed by atoms with E-state index < -0.39 is 47.5 Å². The topological polar surface area (TPSA) is 271 Å². The largest absolute Gasteiger partial charge is 0.481 e. The number of carbonyl (C=O) groups excluding carboxylic acids is 6. The van der Waals surface area contributed by atoms with Crippen molar-refractivity contribution in [1.29, 1.82) is 0 Å². The first kappa shape index (κ1) is 102. The first-order valence-corrected chi connectivity index (χ1v) is 49.9. The van der Waals surface area contributed by atoms with Crippen LogP contribution in [0.15, 0.2) is 160 Å². The van der Waals surface area contributed by atoms with Crippen LogP contribution < -0.4 is 0 Å². The molecule has 4 N–H and O–H groups in total. The molecule has 0 fully saturated rings. The van der Waals surface area contributed by atoms with E-state index in [1.54, 1.807) is 54.4 Å². The number of rotatable bonds is 22. The van der Waals surface area contributed by atoms with Gasteiger partial charge in [-0.25, -0.2) is 0 Å². The molecule has 6 amide bonds. The minimum Gasteiger partial charge on any atom is -0.481 e. The highest BCUT2D eigenvalue weighted by Gasteiger charge is 2.42. The van der Waals surface area contributed by atoms with Crippen molar-refractivity contribution in [2.24, 2.45) is 23.7 Å². The van der Waals surface area contributed by atoms with Gasteiger partial charge in [-0.05, 0) is 168 Å². The van der Waals surface area contributed by atoms with E-state index in [4.69, 9.17) is 69.6 Å². The van der Waals surface area contributed by atoms with Crippen molar-refractivity contribution >= 4 is 229 Å². The summed E-state index contributed by atoms with van der Waals surface area (Å²) in [5.74, 6) is -6.47. The van der Waals surface area contributed by atoms with Crippen LogP contribution in [0.25, 0.3) is 0 Å². The highest BCUT2D eigenvalue weighted by atomic mass is 79.9. The Labute approximate surface area is 805 Å². The third-order valence-electron chi connectivity index (χ3n) is 23.1. The quantitative estimate of drug-likeness (QED) is 0.0363. The molecule has 0 saturated carbocycles. The van der Waals surface area contributed by atoms with Crippen molar-refractivity contribution < 1.29 is 68.4 Å². The number of halogens is 8. The van der Waals surface area contributed by atoms with Gasteiger partial charge in [0, 0.05) is 115 Å². The highest BCUT2D eigenvalue weighted by molar-refractivity contribution is 9.09. The van der Waals surface area contributed by atoms with E-state index in [9.17, 15) is 68.4 Å². The molecule has 2 aromatic carbocycles. The number of benzene rings is 2. The number of carboxylic acids is 4. The Morgan fingerprint density at radius 2 is 0.556 bits per heavy atom. The van der Waals surface area contributed by atoms with Crippen LogP contribution in [0, 0.1) is 37.5 Å². The van der Waals surface area contributed by atoms with Crippen LogP contribution in [0.2, 0.25) is 26.0 Å². The minimum absolute atomic E-state index is 0.0539. The van der Waals surface area contributed by atoms with Crippen LogP contribution in [0.4, 0.5) is 0 Å². The zero-order valence-corrected chi connectivity index (χ0v) is 82.7. The van der Waals surface area contributed by atoms with Gasteiger partial charge in [0.1, 0.15) is 0 Å². The Kier molecular flexibility index (Phi) is 38.8. The second-order valence-corrected chi connectivity index (χ2v) is 42.4. The van der Waals surface area contributed by atoms with Gasteiger partial charge in [-0.2, -0.15) is 0 Å². The number of alkyl halides is 2. The fraction of sp³-hybridized carbons (Fsp3) is 0.370. The first-order valence-electron chi connectivity index (χ1n) is 40.5. The molecule has 0 aliphatic carbocycles. The number of fused-ring (bicyclic) bond motifs is 6. The molecule has 34 heteroatoms. The van der Waals surface area contributed by atoms with Crippen molar-refractivity contribution in [2.75, 3.05) is 49.9 Å². The fourth-order valence-corrected chi connectivity index (χ4v) is 25.4. The number of aryl methyl sites for hydroxylation is 2. The maximum atomic E-state index is 12.4. The van der Waals surface area contributed by atoms with Crippen LogP contribution in [0.5, 0.6) is 0 Å². The van der Waals surface area contributed by atoms with E-state index in [1.807, 2.05) is 86.0 Å². The highest BCUT2D eigenvalue weighted by Crippen LogP contribution is 2.48. The minimum atomic E-state index is -0.835. The predicted molar refractivity (Wildman–Crippen MR) is 518 cm³/mol. The van der Waals surface area contributed by atoms with Gasteiger partial charge in [0.25, 0.3) is 0 Å². The smallest absolute Gasteiger partial charge is 0.307 e. The fourth-order valence-electron chi connectivity index (χ4n) is 16.9. The molecule has 20 nitrogen and oxygen atoms in total. The molecule has 12 heterocycles. The zero-order valence-electron chi connectivity index (χ0n) is 70.1. The van der Waals surface area contributed by atoms with Gasteiger partial charge in [0.15, 0.2) is 0 Å². The number of allylic oxidation sites excluding steroid dienone is 2. The van der Waals surface area contributed by atoms with E-state index in [0.29, 0.717) is 132 Å². The molecule has 6 aromatic heterocycles. The number of carbonyl (C=O) groups is 10. The van der Waals surface area contributed by atoms with Crippen LogP contribution in [-0.4, -0.2) is 159 Å². The molecule has 8 aromatic rings. The van der Waals surface area contributed by atoms with Gasteiger partial charge in [-0.3, -0.25) is 47.9 Å². The Bertz CT molecular complexity index is 4880. The summed E-state index contributed by atoms with van der Waals surface area (Å²) < 4.78 is 4.11. The van der Waals surface area contributed by atoms with E-state index in [1.165, 1.54) is 113 Å². The molecular formula is C92H98Br2Cl6N6O14S6. The molecule has 0 saturated heterocycles. The number of amides is 6. The average Bonchev–Trinajstić information content (AvgIpc) is 1.62. The Morgan fingerprint density at radius 1 is 0.349 bits per heavy atom. The molecule has 14 rings (SSSR count). The second-order valence-electron chi connectivity index (χ2n) is 30.5. The normalized spacial score (nSPS) is 18.7.